The highest BCUT2D eigenvalue weighted by Crippen LogP contribution is 2.15. The molecule has 106 valence electrons. The molecule has 0 fully saturated rings. The van der Waals surface area contributed by atoms with Gasteiger partial charge in [-0.25, -0.2) is 0 Å². The largest absolute Gasteiger partial charge is 0.396 e. The van der Waals surface area contributed by atoms with Gasteiger partial charge in [-0.05, 0) is 30.0 Å². The molecule has 0 saturated heterocycles. The van der Waals surface area contributed by atoms with E-state index in [0.717, 1.165) is 10.9 Å². The molecule has 19 heavy (non-hydrogen) atoms. The summed E-state index contributed by atoms with van der Waals surface area (Å²) in [5, 5.41) is 9.28. The first-order valence-corrected chi connectivity index (χ1v) is 7.35. The Hall–Kier alpha value is -0.870. The second kappa shape index (κ2) is 7.65. The van der Waals surface area contributed by atoms with Crippen LogP contribution in [-0.4, -0.2) is 36.1 Å². The van der Waals surface area contributed by atoms with E-state index in [9.17, 15) is 9.90 Å². The lowest BCUT2D eigenvalue weighted by Crippen LogP contribution is -2.38. The van der Waals surface area contributed by atoms with Gasteiger partial charge in [-0.2, -0.15) is 0 Å². The number of hydrogen-bond acceptors (Lipinski definition) is 2. The van der Waals surface area contributed by atoms with Crippen LogP contribution in [0.25, 0.3) is 0 Å². The number of rotatable bonds is 6. The second-order valence-corrected chi connectivity index (χ2v) is 6.09. The highest BCUT2D eigenvalue weighted by molar-refractivity contribution is 9.10. The number of nitrogens with zero attached hydrogens (tertiary/aromatic N) is 1. The topological polar surface area (TPSA) is 40.5 Å². The third-order valence-electron chi connectivity index (χ3n) is 3.32. The zero-order chi connectivity index (χ0) is 14.4. The molecule has 4 heteroatoms. The number of amides is 1. The molecule has 0 spiro atoms. The average Bonchev–Trinajstić information content (AvgIpc) is 2.36. The third kappa shape index (κ3) is 4.96. The van der Waals surface area contributed by atoms with E-state index in [1.165, 1.54) is 5.56 Å². The average molecular weight is 328 g/mol. The molecule has 0 radical (unpaired) electrons. The lowest BCUT2D eigenvalue weighted by molar-refractivity contribution is -0.137. The van der Waals surface area contributed by atoms with Gasteiger partial charge in [0.25, 0.3) is 0 Å². The van der Waals surface area contributed by atoms with E-state index in [1.54, 1.807) is 11.9 Å². The molecule has 0 aromatic heterocycles. The van der Waals surface area contributed by atoms with Gasteiger partial charge in [-0.3, -0.25) is 4.79 Å². The zero-order valence-corrected chi connectivity index (χ0v) is 13.4. The minimum Gasteiger partial charge on any atom is -0.396 e. The predicted octanol–water partition coefficient (Wildman–Crippen LogP) is 2.71. The third-order valence-corrected chi connectivity index (χ3v) is 3.81. The molecule has 0 saturated carbocycles. The molecule has 0 heterocycles. The van der Waals surface area contributed by atoms with Gasteiger partial charge < -0.3 is 10.0 Å². The van der Waals surface area contributed by atoms with Crippen molar-refractivity contribution in [1.29, 1.82) is 0 Å². The fraction of sp³-hybridized carbons (Fsp3) is 0.533. The van der Waals surface area contributed by atoms with E-state index in [4.69, 9.17) is 0 Å². The maximum absolute atomic E-state index is 12.2. The van der Waals surface area contributed by atoms with Gasteiger partial charge in [-0.15, -0.1) is 0 Å². The zero-order valence-electron chi connectivity index (χ0n) is 11.8. The van der Waals surface area contributed by atoms with Gasteiger partial charge in [0.2, 0.25) is 5.91 Å². The number of aliphatic hydroxyl groups excluding tert-OH is 1. The van der Waals surface area contributed by atoms with Crippen LogP contribution >= 0.6 is 15.9 Å². The van der Waals surface area contributed by atoms with Crippen molar-refractivity contribution in [2.24, 2.45) is 11.8 Å². The maximum atomic E-state index is 12.2. The summed E-state index contributed by atoms with van der Waals surface area (Å²) in [6.07, 6.45) is 0.817. The van der Waals surface area contributed by atoms with Crippen LogP contribution in [0.1, 0.15) is 19.4 Å². The van der Waals surface area contributed by atoms with Gasteiger partial charge >= 0.3 is 0 Å². The minimum atomic E-state index is -0.299. The predicted molar refractivity (Wildman–Crippen MR) is 80.9 cm³/mol. The fourth-order valence-corrected chi connectivity index (χ4v) is 2.40. The number of carbonyl (C=O) groups excluding carboxylic acids is 1. The van der Waals surface area contributed by atoms with Crippen LogP contribution in [0.15, 0.2) is 28.7 Å². The quantitative estimate of drug-likeness (QED) is 0.872. The van der Waals surface area contributed by atoms with E-state index in [0.29, 0.717) is 6.54 Å². The summed E-state index contributed by atoms with van der Waals surface area (Å²) in [4.78, 5) is 13.9. The van der Waals surface area contributed by atoms with Gasteiger partial charge in [-0.1, -0.05) is 41.9 Å². The van der Waals surface area contributed by atoms with Crippen molar-refractivity contribution in [2.75, 3.05) is 20.2 Å². The molecular weight excluding hydrogens is 306 g/mol. The molecular formula is C15H22BrNO2. The minimum absolute atomic E-state index is 0.0208. The normalized spacial score (nSPS) is 12.5. The van der Waals surface area contributed by atoms with Crippen LogP contribution in [0.3, 0.4) is 0 Å². The van der Waals surface area contributed by atoms with Crippen molar-refractivity contribution in [3.05, 3.63) is 34.3 Å². The molecule has 1 N–H and O–H groups in total. The van der Waals surface area contributed by atoms with E-state index in [2.05, 4.69) is 28.1 Å². The van der Waals surface area contributed by atoms with Crippen molar-refractivity contribution < 1.29 is 9.90 Å². The Morgan fingerprint density at radius 3 is 2.63 bits per heavy atom. The Balaban J connectivity index is 2.55. The molecule has 0 aliphatic carbocycles. The summed E-state index contributed by atoms with van der Waals surface area (Å²) < 4.78 is 1.05. The molecule has 1 aromatic rings. The number of hydrogen-bond donors (Lipinski definition) is 1. The van der Waals surface area contributed by atoms with Crippen molar-refractivity contribution >= 4 is 21.8 Å². The van der Waals surface area contributed by atoms with Gasteiger partial charge in [0.05, 0.1) is 12.5 Å². The van der Waals surface area contributed by atoms with Crippen LogP contribution < -0.4 is 0 Å². The SMILES string of the molecule is CC(C)C(CO)C(=O)N(C)CCc1cccc(Br)c1. The van der Waals surface area contributed by atoms with Crippen LogP contribution in [0.5, 0.6) is 0 Å². The first-order chi connectivity index (χ1) is 8.95. The Morgan fingerprint density at radius 2 is 2.11 bits per heavy atom. The summed E-state index contributed by atoms with van der Waals surface area (Å²) in [6, 6.07) is 8.09. The summed E-state index contributed by atoms with van der Waals surface area (Å²) in [5.41, 5.74) is 1.19. The molecule has 0 aliphatic rings. The highest BCUT2D eigenvalue weighted by atomic mass is 79.9. The number of halogens is 1. The van der Waals surface area contributed by atoms with Crippen molar-refractivity contribution in [2.45, 2.75) is 20.3 Å². The monoisotopic (exact) mass is 327 g/mol. The molecule has 1 aromatic carbocycles. The molecule has 0 bridgehead atoms. The smallest absolute Gasteiger partial charge is 0.228 e. The molecule has 1 unspecified atom stereocenters. The summed E-state index contributed by atoms with van der Waals surface area (Å²) in [6.45, 7) is 4.50. The Kier molecular flexibility index (Phi) is 6.52. The number of benzene rings is 1. The Morgan fingerprint density at radius 1 is 1.42 bits per heavy atom. The van der Waals surface area contributed by atoms with Crippen LogP contribution in [-0.2, 0) is 11.2 Å². The summed E-state index contributed by atoms with van der Waals surface area (Å²) in [7, 11) is 1.80. The van der Waals surface area contributed by atoms with E-state index in [1.807, 2.05) is 26.0 Å². The molecule has 1 atom stereocenters. The van der Waals surface area contributed by atoms with Crippen molar-refractivity contribution in [1.82, 2.24) is 4.90 Å². The van der Waals surface area contributed by atoms with E-state index < -0.39 is 0 Å². The maximum Gasteiger partial charge on any atom is 0.228 e. The Bertz CT molecular complexity index is 420. The molecule has 1 rings (SSSR count). The first-order valence-electron chi connectivity index (χ1n) is 6.56. The fourth-order valence-electron chi connectivity index (χ4n) is 1.96. The summed E-state index contributed by atoms with van der Waals surface area (Å²) >= 11 is 3.44. The lowest BCUT2D eigenvalue weighted by Gasteiger charge is -2.25. The number of likely N-dealkylation sites (N-methyl/N-ethyl adjacent to an activating group) is 1. The van der Waals surface area contributed by atoms with Gasteiger partial charge in [0.1, 0.15) is 0 Å². The highest BCUT2D eigenvalue weighted by Gasteiger charge is 2.24. The van der Waals surface area contributed by atoms with Crippen molar-refractivity contribution in [3.8, 4) is 0 Å². The lowest BCUT2D eigenvalue weighted by atomic mass is 9.95. The molecule has 3 nitrogen and oxygen atoms in total. The molecule has 0 aliphatic heterocycles. The van der Waals surface area contributed by atoms with Crippen molar-refractivity contribution in [3.63, 3.8) is 0 Å². The van der Waals surface area contributed by atoms with E-state index >= 15 is 0 Å². The van der Waals surface area contributed by atoms with Crippen LogP contribution in [0.4, 0.5) is 0 Å². The Labute approximate surface area is 123 Å². The standard InChI is InChI=1S/C15H22BrNO2/c1-11(2)14(10-18)15(19)17(3)8-7-12-5-4-6-13(16)9-12/h4-6,9,11,14,18H,7-8,10H2,1-3H3. The first kappa shape index (κ1) is 16.2. The van der Waals surface area contributed by atoms with Crippen LogP contribution in [0, 0.1) is 11.8 Å². The van der Waals surface area contributed by atoms with Crippen LogP contribution in [0.2, 0.25) is 0 Å². The summed E-state index contributed by atoms with van der Waals surface area (Å²) in [5.74, 6) is -0.120. The number of aliphatic hydroxyl groups is 1. The molecule has 1 amide bonds. The number of carbonyl (C=O) groups is 1. The van der Waals surface area contributed by atoms with Gasteiger partial charge in [0, 0.05) is 18.1 Å². The second-order valence-electron chi connectivity index (χ2n) is 5.17. The van der Waals surface area contributed by atoms with Gasteiger partial charge in [0.15, 0.2) is 0 Å². The van der Waals surface area contributed by atoms with E-state index in [-0.39, 0.29) is 24.3 Å².